The number of benzene rings is 2. The smallest absolute Gasteiger partial charge is 0.418 e. The summed E-state index contributed by atoms with van der Waals surface area (Å²) in [6.07, 6.45) is -2.18. The highest BCUT2D eigenvalue weighted by atomic mass is 35.5. The summed E-state index contributed by atoms with van der Waals surface area (Å²) in [5, 5.41) is 0.341. The molecule has 0 saturated heterocycles. The molecule has 0 bridgehead atoms. The minimum Gasteiger partial charge on any atom is -0.456 e. The molecule has 3 rings (SSSR count). The van der Waals surface area contributed by atoms with Crippen molar-refractivity contribution < 1.29 is 17.9 Å². The molecule has 0 saturated carbocycles. The van der Waals surface area contributed by atoms with Crippen LogP contribution in [0, 0.1) is 13.8 Å². The number of aryl methyl sites for hydroxylation is 2. The lowest BCUT2D eigenvalue weighted by Gasteiger charge is -2.17. The maximum absolute atomic E-state index is 13.3. The molecule has 30 heavy (non-hydrogen) atoms. The number of nitrogens with zero attached hydrogens (tertiary/aromatic N) is 2. The van der Waals surface area contributed by atoms with Crippen LogP contribution in [0.15, 0.2) is 42.6 Å². The fraction of sp³-hybridized carbons (Fsp3) is 0.348. The van der Waals surface area contributed by atoms with Gasteiger partial charge in [0, 0.05) is 18.1 Å². The van der Waals surface area contributed by atoms with Gasteiger partial charge in [0.25, 0.3) is 0 Å². The number of halogens is 4. The predicted molar refractivity (Wildman–Crippen MR) is 117 cm³/mol. The summed E-state index contributed by atoms with van der Waals surface area (Å²) in [5.74, 6) is 1.00. The third-order valence-electron chi connectivity index (χ3n) is 5.19. The zero-order valence-electron chi connectivity index (χ0n) is 17.5. The van der Waals surface area contributed by atoms with E-state index < -0.39 is 11.7 Å². The number of ether oxygens (including phenoxy) is 1. The largest absolute Gasteiger partial charge is 0.456 e. The Balaban J connectivity index is 0.00000320. The highest BCUT2D eigenvalue weighted by Crippen LogP contribution is 2.38. The Bertz CT molecular complexity index is 1020. The minimum atomic E-state index is -4.47. The van der Waals surface area contributed by atoms with E-state index in [2.05, 4.69) is 29.9 Å². The van der Waals surface area contributed by atoms with E-state index in [0.717, 1.165) is 36.7 Å². The molecule has 3 nitrogen and oxygen atoms in total. The van der Waals surface area contributed by atoms with Gasteiger partial charge >= 0.3 is 6.18 Å². The van der Waals surface area contributed by atoms with Crippen molar-refractivity contribution in [1.82, 2.24) is 9.88 Å². The first-order valence-corrected chi connectivity index (χ1v) is 9.62. The van der Waals surface area contributed by atoms with Gasteiger partial charge in [0.2, 0.25) is 0 Å². The SMILES string of the molecule is CCN(C)CCc1cc(C)c(Oc2ccnc3c(C(F)(F)F)cccc23)cc1C.Cl. The molecule has 0 aliphatic carbocycles. The second-order valence-corrected chi connectivity index (χ2v) is 7.30. The molecule has 0 fully saturated rings. The van der Waals surface area contributed by atoms with Crippen LogP contribution in [-0.2, 0) is 12.6 Å². The van der Waals surface area contributed by atoms with Crippen molar-refractivity contribution in [3.63, 3.8) is 0 Å². The number of hydrogen-bond acceptors (Lipinski definition) is 3. The summed E-state index contributed by atoms with van der Waals surface area (Å²) >= 11 is 0. The van der Waals surface area contributed by atoms with Gasteiger partial charge in [-0.25, -0.2) is 0 Å². The van der Waals surface area contributed by atoms with Gasteiger partial charge in [0.1, 0.15) is 11.5 Å². The van der Waals surface area contributed by atoms with Crippen molar-refractivity contribution >= 4 is 23.3 Å². The minimum absolute atomic E-state index is 0. The molecule has 0 aliphatic rings. The molecule has 2 aromatic carbocycles. The molecule has 0 spiro atoms. The highest BCUT2D eigenvalue weighted by molar-refractivity contribution is 5.88. The zero-order chi connectivity index (χ0) is 21.2. The molecule has 0 N–H and O–H groups in total. The number of fused-ring (bicyclic) bond motifs is 1. The van der Waals surface area contributed by atoms with Gasteiger partial charge < -0.3 is 9.64 Å². The molecule has 0 aliphatic heterocycles. The average Bonchev–Trinajstić information content (AvgIpc) is 2.68. The first-order valence-electron chi connectivity index (χ1n) is 9.62. The van der Waals surface area contributed by atoms with E-state index in [-0.39, 0.29) is 17.9 Å². The maximum Gasteiger partial charge on any atom is 0.418 e. The number of alkyl halides is 3. The van der Waals surface area contributed by atoms with Gasteiger partial charge in [0.05, 0.1) is 11.1 Å². The monoisotopic (exact) mass is 438 g/mol. The van der Waals surface area contributed by atoms with E-state index >= 15 is 0 Å². The molecule has 0 amide bonds. The maximum atomic E-state index is 13.3. The second-order valence-electron chi connectivity index (χ2n) is 7.30. The molecule has 162 valence electrons. The van der Waals surface area contributed by atoms with Crippen LogP contribution in [0.5, 0.6) is 11.5 Å². The molecule has 0 atom stereocenters. The Morgan fingerprint density at radius 1 is 1.03 bits per heavy atom. The van der Waals surface area contributed by atoms with Gasteiger partial charge in [-0.1, -0.05) is 19.1 Å². The van der Waals surface area contributed by atoms with Crippen molar-refractivity contribution in [1.29, 1.82) is 0 Å². The van der Waals surface area contributed by atoms with Crippen molar-refractivity contribution in [2.75, 3.05) is 20.1 Å². The van der Waals surface area contributed by atoms with E-state index in [1.165, 1.54) is 17.8 Å². The Morgan fingerprint density at radius 3 is 2.43 bits per heavy atom. The van der Waals surface area contributed by atoms with Crippen molar-refractivity contribution in [3.8, 4) is 11.5 Å². The Labute approximate surface area is 181 Å². The van der Waals surface area contributed by atoms with Crippen molar-refractivity contribution in [2.24, 2.45) is 0 Å². The number of likely N-dealkylation sites (N-methyl/N-ethyl adjacent to an activating group) is 1. The van der Waals surface area contributed by atoms with Gasteiger partial charge in [-0.05, 0) is 74.8 Å². The first-order chi connectivity index (χ1) is 13.7. The van der Waals surface area contributed by atoms with Crippen LogP contribution in [0.25, 0.3) is 10.9 Å². The van der Waals surface area contributed by atoms with E-state index in [0.29, 0.717) is 16.9 Å². The molecule has 0 radical (unpaired) electrons. The summed E-state index contributed by atoms with van der Waals surface area (Å²) in [4.78, 5) is 6.20. The Hall–Kier alpha value is -2.31. The van der Waals surface area contributed by atoms with E-state index in [1.54, 1.807) is 12.1 Å². The molecule has 1 heterocycles. The summed E-state index contributed by atoms with van der Waals surface area (Å²) in [6, 6.07) is 9.67. The molecular weight excluding hydrogens is 413 g/mol. The van der Waals surface area contributed by atoms with Crippen molar-refractivity contribution in [3.05, 3.63) is 64.8 Å². The molecule has 1 aromatic heterocycles. The molecule has 3 aromatic rings. The third-order valence-corrected chi connectivity index (χ3v) is 5.19. The normalized spacial score (nSPS) is 11.6. The molecular formula is C23H26ClF3N2O. The Morgan fingerprint density at radius 2 is 1.77 bits per heavy atom. The number of rotatable bonds is 6. The van der Waals surface area contributed by atoms with Crippen LogP contribution in [-0.4, -0.2) is 30.0 Å². The molecule has 0 unspecified atom stereocenters. The summed E-state index contributed by atoms with van der Waals surface area (Å²) in [7, 11) is 2.09. The van der Waals surface area contributed by atoms with Gasteiger partial charge in [0.15, 0.2) is 0 Å². The van der Waals surface area contributed by atoms with E-state index in [4.69, 9.17) is 4.74 Å². The van der Waals surface area contributed by atoms with Gasteiger partial charge in [-0.15, -0.1) is 12.4 Å². The predicted octanol–water partition coefficient (Wildman–Crippen LogP) is 6.58. The average molecular weight is 439 g/mol. The lowest BCUT2D eigenvalue weighted by Crippen LogP contribution is -2.20. The quantitative estimate of drug-likeness (QED) is 0.434. The van der Waals surface area contributed by atoms with Crippen LogP contribution < -0.4 is 4.74 Å². The van der Waals surface area contributed by atoms with Gasteiger partial charge in [-0.2, -0.15) is 13.2 Å². The number of para-hydroxylation sites is 1. The number of pyridine rings is 1. The summed E-state index contributed by atoms with van der Waals surface area (Å²) in [5.41, 5.74) is 2.43. The lowest BCUT2D eigenvalue weighted by atomic mass is 10.0. The van der Waals surface area contributed by atoms with Gasteiger partial charge in [-0.3, -0.25) is 4.98 Å². The number of hydrogen-bond donors (Lipinski definition) is 0. The highest BCUT2D eigenvalue weighted by Gasteiger charge is 2.33. The van der Waals surface area contributed by atoms with Crippen LogP contribution in [0.2, 0.25) is 0 Å². The lowest BCUT2D eigenvalue weighted by molar-refractivity contribution is -0.136. The van der Waals surface area contributed by atoms with E-state index in [9.17, 15) is 13.2 Å². The fourth-order valence-electron chi connectivity index (χ4n) is 3.29. The van der Waals surface area contributed by atoms with Crippen LogP contribution in [0.4, 0.5) is 13.2 Å². The zero-order valence-corrected chi connectivity index (χ0v) is 18.3. The van der Waals surface area contributed by atoms with Crippen LogP contribution in [0.1, 0.15) is 29.2 Å². The third kappa shape index (κ3) is 5.24. The first kappa shape index (κ1) is 24.0. The summed E-state index contributed by atoms with van der Waals surface area (Å²) in [6.45, 7) is 8.06. The van der Waals surface area contributed by atoms with Crippen LogP contribution >= 0.6 is 12.4 Å². The Kier molecular flexibility index (Phi) is 7.72. The standard InChI is InChI=1S/C23H25F3N2O.ClH/c1-5-28(4)12-10-17-13-16(3)21(14-15(17)2)29-20-9-11-27-22-18(20)7-6-8-19(22)23(24,25)26;/h6-9,11,13-14H,5,10,12H2,1-4H3;1H. The van der Waals surface area contributed by atoms with Crippen LogP contribution in [0.3, 0.4) is 0 Å². The topological polar surface area (TPSA) is 25.4 Å². The van der Waals surface area contributed by atoms with Crippen molar-refractivity contribution in [2.45, 2.75) is 33.4 Å². The fourth-order valence-corrected chi connectivity index (χ4v) is 3.29. The second kappa shape index (κ2) is 9.67. The summed E-state index contributed by atoms with van der Waals surface area (Å²) < 4.78 is 46.0. The number of aromatic nitrogens is 1. The molecule has 7 heteroatoms. The van der Waals surface area contributed by atoms with E-state index in [1.807, 2.05) is 19.9 Å².